The van der Waals surface area contributed by atoms with Crippen LogP contribution in [0.4, 0.5) is 4.39 Å². The van der Waals surface area contributed by atoms with Gasteiger partial charge in [-0.05, 0) is 42.5 Å². The van der Waals surface area contributed by atoms with Crippen LogP contribution in [-0.4, -0.2) is 23.0 Å². The Labute approximate surface area is 146 Å². The SMILES string of the molecule is O=C(O)CCC(Cc1ccccc1)NC(=O)CCc1ccc(F)cc1. The minimum Gasteiger partial charge on any atom is -0.481 e. The zero-order valence-electron chi connectivity index (χ0n) is 14.0. The molecule has 2 aromatic carbocycles. The normalized spacial score (nSPS) is 11.7. The molecule has 1 unspecified atom stereocenters. The third-order valence-electron chi connectivity index (χ3n) is 3.95. The highest BCUT2D eigenvalue weighted by atomic mass is 19.1. The zero-order chi connectivity index (χ0) is 18.1. The fourth-order valence-electron chi connectivity index (χ4n) is 2.63. The van der Waals surface area contributed by atoms with E-state index >= 15 is 0 Å². The second-order valence-electron chi connectivity index (χ2n) is 6.01. The summed E-state index contributed by atoms with van der Waals surface area (Å²) in [7, 11) is 0. The summed E-state index contributed by atoms with van der Waals surface area (Å²) in [5, 5.41) is 11.8. The quantitative estimate of drug-likeness (QED) is 0.734. The number of nitrogens with one attached hydrogen (secondary N) is 1. The minimum atomic E-state index is -0.876. The molecule has 0 aliphatic carbocycles. The summed E-state index contributed by atoms with van der Waals surface area (Å²) in [6, 6.07) is 15.5. The van der Waals surface area contributed by atoms with E-state index in [0.717, 1.165) is 11.1 Å². The first-order valence-corrected chi connectivity index (χ1v) is 8.32. The fraction of sp³-hybridized carbons (Fsp3) is 0.300. The van der Waals surface area contributed by atoms with E-state index in [-0.39, 0.29) is 30.6 Å². The molecule has 132 valence electrons. The van der Waals surface area contributed by atoms with Crippen LogP contribution >= 0.6 is 0 Å². The van der Waals surface area contributed by atoms with E-state index in [1.807, 2.05) is 30.3 Å². The van der Waals surface area contributed by atoms with Crippen LogP contribution in [0, 0.1) is 5.82 Å². The van der Waals surface area contributed by atoms with E-state index in [4.69, 9.17) is 5.11 Å². The lowest BCUT2D eigenvalue weighted by atomic mass is 10.0. The second-order valence-corrected chi connectivity index (χ2v) is 6.01. The number of hydrogen-bond donors (Lipinski definition) is 2. The van der Waals surface area contributed by atoms with Crippen LogP contribution in [0.25, 0.3) is 0 Å². The maximum absolute atomic E-state index is 12.9. The van der Waals surface area contributed by atoms with Gasteiger partial charge in [0.2, 0.25) is 5.91 Å². The van der Waals surface area contributed by atoms with E-state index in [1.54, 1.807) is 12.1 Å². The number of hydrogen-bond acceptors (Lipinski definition) is 2. The molecule has 0 aromatic heterocycles. The average Bonchev–Trinajstić information content (AvgIpc) is 2.60. The smallest absolute Gasteiger partial charge is 0.303 e. The van der Waals surface area contributed by atoms with Gasteiger partial charge in [0, 0.05) is 18.9 Å². The molecule has 1 atom stereocenters. The summed E-state index contributed by atoms with van der Waals surface area (Å²) in [6.07, 6.45) is 1.78. The first kappa shape index (κ1) is 18.6. The highest BCUT2D eigenvalue weighted by Crippen LogP contribution is 2.10. The van der Waals surface area contributed by atoms with Crippen molar-refractivity contribution in [2.75, 3.05) is 0 Å². The van der Waals surface area contributed by atoms with Crippen LogP contribution in [0.2, 0.25) is 0 Å². The number of amides is 1. The Bertz CT molecular complexity index is 686. The van der Waals surface area contributed by atoms with Crippen LogP contribution in [0.3, 0.4) is 0 Å². The number of aliphatic carboxylic acids is 1. The van der Waals surface area contributed by atoms with Gasteiger partial charge in [0.05, 0.1) is 0 Å². The van der Waals surface area contributed by atoms with Crippen molar-refractivity contribution in [2.45, 2.75) is 38.1 Å². The van der Waals surface area contributed by atoms with Crippen molar-refractivity contribution in [3.63, 3.8) is 0 Å². The van der Waals surface area contributed by atoms with Gasteiger partial charge in [-0.3, -0.25) is 9.59 Å². The molecule has 0 bridgehead atoms. The van der Waals surface area contributed by atoms with Crippen molar-refractivity contribution in [1.82, 2.24) is 5.32 Å². The molecule has 2 rings (SSSR count). The number of carboxylic acids is 1. The zero-order valence-corrected chi connectivity index (χ0v) is 14.0. The standard InChI is InChI=1S/C20H22FNO3/c21-17-9-6-15(7-10-17)8-12-19(23)22-18(11-13-20(24)25)14-16-4-2-1-3-5-16/h1-7,9-10,18H,8,11-14H2,(H,22,23)(H,24,25). The molecule has 0 aliphatic heterocycles. The van der Waals surface area contributed by atoms with E-state index in [0.29, 0.717) is 19.3 Å². The molecule has 0 radical (unpaired) electrons. The van der Waals surface area contributed by atoms with Crippen LogP contribution in [0.5, 0.6) is 0 Å². The first-order chi connectivity index (χ1) is 12.0. The van der Waals surface area contributed by atoms with Gasteiger partial charge >= 0.3 is 5.97 Å². The van der Waals surface area contributed by atoms with Crippen molar-refractivity contribution >= 4 is 11.9 Å². The largest absolute Gasteiger partial charge is 0.481 e. The lowest BCUT2D eigenvalue weighted by Crippen LogP contribution is -2.37. The predicted octanol–water partition coefficient (Wildman–Crippen LogP) is 3.35. The van der Waals surface area contributed by atoms with Gasteiger partial charge in [0.15, 0.2) is 0 Å². The highest BCUT2D eigenvalue weighted by Gasteiger charge is 2.15. The molecular formula is C20H22FNO3. The lowest BCUT2D eigenvalue weighted by molar-refractivity contribution is -0.137. The van der Waals surface area contributed by atoms with Gasteiger partial charge in [-0.1, -0.05) is 42.5 Å². The number of benzene rings is 2. The Kier molecular flexibility index (Phi) is 7.14. The lowest BCUT2D eigenvalue weighted by Gasteiger charge is -2.18. The van der Waals surface area contributed by atoms with Crippen molar-refractivity contribution in [2.24, 2.45) is 0 Å². The third-order valence-corrected chi connectivity index (χ3v) is 3.95. The van der Waals surface area contributed by atoms with E-state index < -0.39 is 5.97 Å². The summed E-state index contributed by atoms with van der Waals surface area (Å²) in [6.45, 7) is 0. The van der Waals surface area contributed by atoms with Gasteiger partial charge < -0.3 is 10.4 Å². The van der Waals surface area contributed by atoms with Crippen LogP contribution in [0.1, 0.15) is 30.4 Å². The van der Waals surface area contributed by atoms with Crippen molar-refractivity contribution in [3.8, 4) is 0 Å². The molecule has 2 N–H and O–H groups in total. The number of carbonyl (C=O) groups is 2. The average molecular weight is 343 g/mol. The maximum Gasteiger partial charge on any atom is 0.303 e. The number of aryl methyl sites for hydroxylation is 1. The summed E-state index contributed by atoms with van der Waals surface area (Å²) in [5.41, 5.74) is 1.94. The topological polar surface area (TPSA) is 66.4 Å². The van der Waals surface area contributed by atoms with E-state index in [9.17, 15) is 14.0 Å². The predicted molar refractivity (Wildman–Crippen MR) is 93.7 cm³/mol. The van der Waals surface area contributed by atoms with Gasteiger partial charge in [-0.15, -0.1) is 0 Å². The van der Waals surface area contributed by atoms with Gasteiger partial charge in [-0.2, -0.15) is 0 Å². The Balaban J connectivity index is 1.88. The number of carboxylic acid groups (broad SMARTS) is 1. The molecule has 0 fully saturated rings. The summed E-state index contributed by atoms with van der Waals surface area (Å²) >= 11 is 0. The first-order valence-electron chi connectivity index (χ1n) is 8.32. The molecule has 0 aliphatic rings. The summed E-state index contributed by atoms with van der Waals surface area (Å²) in [5.74, 6) is -1.31. The molecule has 0 saturated carbocycles. The van der Waals surface area contributed by atoms with Crippen molar-refractivity contribution < 1.29 is 19.1 Å². The van der Waals surface area contributed by atoms with Crippen LogP contribution < -0.4 is 5.32 Å². The molecule has 5 heteroatoms. The molecule has 0 heterocycles. The van der Waals surface area contributed by atoms with Crippen molar-refractivity contribution in [3.05, 3.63) is 71.5 Å². The summed E-state index contributed by atoms with van der Waals surface area (Å²) in [4.78, 5) is 23.0. The Morgan fingerprint density at radius 2 is 1.64 bits per heavy atom. The monoisotopic (exact) mass is 343 g/mol. The van der Waals surface area contributed by atoms with E-state index in [2.05, 4.69) is 5.32 Å². The highest BCUT2D eigenvalue weighted by molar-refractivity contribution is 5.76. The maximum atomic E-state index is 12.9. The molecule has 0 saturated heterocycles. The molecule has 25 heavy (non-hydrogen) atoms. The summed E-state index contributed by atoms with van der Waals surface area (Å²) < 4.78 is 12.9. The van der Waals surface area contributed by atoms with Gasteiger partial charge in [0.1, 0.15) is 5.82 Å². The number of halogens is 1. The van der Waals surface area contributed by atoms with Crippen LogP contribution in [0.15, 0.2) is 54.6 Å². The number of rotatable bonds is 9. The van der Waals surface area contributed by atoms with Crippen LogP contribution in [-0.2, 0) is 22.4 Å². The fourth-order valence-corrected chi connectivity index (χ4v) is 2.63. The molecule has 4 nitrogen and oxygen atoms in total. The van der Waals surface area contributed by atoms with Gasteiger partial charge in [0.25, 0.3) is 0 Å². The van der Waals surface area contributed by atoms with E-state index in [1.165, 1.54) is 12.1 Å². The Hall–Kier alpha value is -2.69. The molecule has 0 spiro atoms. The van der Waals surface area contributed by atoms with Crippen molar-refractivity contribution in [1.29, 1.82) is 0 Å². The second kappa shape index (κ2) is 9.57. The minimum absolute atomic E-state index is 0.00967. The molecule has 2 aromatic rings. The Morgan fingerprint density at radius 3 is 2.28 bits per heavy atom. The number of carbonyl (C=O) groups excluding carboxylic acids is 1. The Morgan fingerprint density at radius 1 is 0.960 bits per heavy atom. The molecular weight excluding hydrogens is 321 g/mol. The third kappa shape index (κ3) is 7.16. The van der Waals surface area contributed by atoms with Gasteiger partial charge in [-0.25, -0.2) is 4.39 Å². The molecule has 1 amide bonds.